The summed E-state index contributed by atoms with van der Waals surface area (Å²) in [6.45, 7) is 2.46. The lowest BCUT2D eigenvalue weighted by Crippen LogP contribution is -2.17. The molecule has 14 rings (SSSR count). The molecule has 0 spiro atoms. The zero-order valence-corrected chi connectivity index (χ0v) is 35.2. The Bertz CT molecular complexity index is 3970. The minimum Gasteiger partial charge on any atom is -0.308 e. The van der Waals surface area contributed by atoms with E-state index >= 15 is 0 Å². The van der Waals surface area contributed by atoms with Gasteiger partial charge < -0.3 is 4.40 Å². The topological polar surface area (TPSA) is 30.2 Å². The molecule has 4 aromatic heterocycles. The highest BCUT2D eigenvalue weighted by Crippen LogP contribution is 2.56. The third kappa shape index (κ3) is 4.95. The second kappa shape index (κ2) is 13.2. The van der Waals surface area contributed by atoms with Crippen LogP contribution in [0.25, 0.3) is 114 Å². The van der Waals surface area contributed by atoms with Crippen LogP contribution in [0.4, 0.5) is 0 Å². The van der Waals surface area contributed by atoms with E-state index in [0.717, 1.165) is 32.9 Å². The maximum atomic E-state index is 5.38. The zero-order valence-electron chi connectivity index (χ0n) is 34.4. The summed E-state index contributed by atoms with van der Waals surface area (Å²) in [7, 11) is 0. The van der Waals surface area contributed by atoms with Crippen molar-refractivity contribution in [3.8, 4) is 44.9 Å². The Hall–Kier alpha value is -7.66. The first-order valence-electron chi connectivity index (χ1n) is 21.9. The summed E-state index contributed by atoms with van der Waals surface area (Å²) in [6.07, 6.45) is 0. The van der Waals surface area contributed by atoms with Crippen LogP contribution >= 0.6 is 11.3 Å². The van der Waals surface area contributed by atoms with E-state index in [2.05, 4.69) is 205 Å². The number of fused-ring (bicyclic) bond motifs is 15. The summed E-state index contributed by atoms with van der Waals surface area (Å²) in [4.78, 5) is 10.7. The minimum atomic E-state index is 0.149. The highest BCUT2D eigenvalue weighted by atomic mass is 32.1. The van der Waals surface area contributed by atoms with Crippen molar-refractivity contribution < 1.29 is 0 Å². The quantitative estimate of drug-likeness (QED) is 0.177. The van der Waals surface area contributed by atoms with E-state index in [1.165, 1.54) is 97.9 Å². The largest absolute Gasteiger partial charge is 0.308 e. The Morgan fingerprint density at radius 2 is 1.17 bits per heavy atom. The van der Waals surface area contributed by atoms with E-state index in [1.54, 1.807) is 11.3 Å². The number of aromatic nitrogens is 3. The van der Waals surface area contributed by atoms with E-state index in [4.69, 9.17) is 9.97 Å². The van der Waals surface area contributed by atoms with Crippen molar-refractivity contribution in [2.24, 2.45) is 0 Å². The van der Waals surface area contributed by atoms with Crippen LogP contribution in [0, 0.1) is 0 Å². The Morgan fingerprint density at radius 3 is 2.03 bits per heavy atom. The van der Waals surface area contributed by atoms with Gasteiger partial charge in [-0.3, -0.25) is 0 Å². The van der Waals surface area contributed by atoms with Gasteiger partial charge in [0.05, 0.1) is 32.5 Å². The molecule has 2 unspecified atom stereocenters. The van der Waals surface area contributed by atoms with E-state index in [1.807, 2.05) is 0 Å². The van der Waals surface area contributed by atoms with Gasteiger partial charge in [0, 0.05) is 48.7 Å². The molecule has 1 aliphatic carbocycles. The smallest absolute Gasteiger partial charge is 0.160 e. The van der Waals surface area contributed by atoms with Crippen molar-refractivity contribution in [3.63, 3.8) is 0 Å². The second-order valence-electron chi connectivity index (χ2n) is 17.2. The summed E-state index contributed by atoms with van der Waals surface area (Å²) >= 11 is 1.77. The fourth-order valence-electron chi connectivity index (χ4n) is 11.2. The normalized spacial score (nSPS) is 15.1. The molecule has 4 heterocycles. The van der Waals surface area contributed by atoms with Gasteiger partial charge >= 0.3 is 0 Å². The molecule has 0 bridgehead atoms. The van der Waals surface area contributed by atoms with Crippen LogP contribution in [0.2, 0.25) is 0 Å². The van der Waals surface area contributed by atoms with Crippen LogP contribution in [0.1, 0.15) is 35.4 Å². The third-order valence-electron chi connectivity index (χ3n) is 14.0. The summed E-state index contributed by atoms with van der Waals surface area (Å²) in [5.74, 6) is 1.09. The summed E-state index contributed by atoms with van der Waals surface area (Å²) in [5, 5.41) is 9.13. The van der Waals surface area contributed by atoms with E-state index in [0.29, 0.717) is 0 Å². The average molecular weight is 820 g/mol. The van der Waals surface area contributed by atoms with Crippen LogP contribution in [0.15, 0.2) is 194 Å². The van der Waals surface area contributed by atoms with Crippen LogP contribution in [-0.2, 0) is 0 Å². The zero-order chi connectivity index (χ0) is 41.3. The maximum Gasteiger partial charge on any atom is 0.160 e. The molecule has 0 N–H and O–H groups in total. The van der Waals surface area contributed by atoms with Gasteiger partial charge in [-0.05, 0) is 79.9 Å². The number of rotatable bonds is 4. The van der Waals surface area contributed by atoms with Crippen molar-refractivity contribution >= 4 is 80.5 Å². The molecular formula is C59H37N3S. The Labute approximate surface area is 367 Å². The van der Waals surface area contributed by atoms with Gasteiger partial charge in [-0.2, -0.15) is 0 Å². The molecule has 4 heteroatoms. The van der Waals surface area contributed by atoms with Gasteiger partial charge in [0.2, 0.25) is 0 Å². The minimum absolute atomic E-state index is 0.149. The van der Waals surface area contributed by atoms with Crippen molar-refractivity contribution in [3.05, 3.63) is 211 Å². The molecule has 1 aliphatic rings. The molecule has 0 amide bonds. The van der Waals surface area contributed by atoms with Gasteiger partial charge in [0.25, 0.3) is 0 Å². The van der Waals surface area contributed by atoms with Gasteiger partial charge in [-0.1, -0.05) is 177 Å². The molecule has 0 saturated carbocycles. The molecule has 63 heavy (non-hydrogen) atoms. The van der Waals surface area contributed by atoms with Crippen LogP contribution < -0.4 is 0 Å². The lowest BCUT2D eigenvalue weighted by Gasteiger charge is -2.35. The van der Waals surface area contributed by atoms with Crippen LogP contribution in [0.5, 0.6) is 0 Å². The second-order valence-corrected chi connectivity index (χ2v) is 18.3. The number of hydrogen-bond donors (Lipinski definition) is 0. The van der Waals surface area contributed by atoms with Crippen LogP contribution in [-0.4, -0.2) is 14.4 Å². The third-order valence-corrected chi connectivity index (χ3v) is 15.1. The Balaban J connectivity index is 0.943. The monoisotopic (exact) mass is 819 g/mol. The first-order chi connectivity index (χ1) is 31.2. The summed E-state index contributed by atoms with van der Waals surface area (Å²) < 4.78 is 4.88. The Morgan fingerprint density at radius 1 is 0.492 bits per heavy atom. The van der Waals surface area contributed by atoms with Crippen molar-refractivity contribution in [2.75, 3.05) is 0 Å². The fourth-order valence-corrected chi connectivity index (χ4v) is 12.3. The number of hydrogen-bond acceptors (Lipinski definition) is 3. The highest BCUT2D eigenvalue weighted by molar-refractivity contribution is 7.26. The number of nitrogens with zero attached hydrogens (tertiary/aromatic N) is 3. The number of benzene rings is 9. The molecule has 0 aliphatic heterocycles. The highest BCUT2D eigenvalue weighted by Gasteiger charge is 2.36. The fraction of sp³-hybridized carbons (Fsp3) is 0.0508. The van der Waals surface area contributed by atoms with E-state index in [-0.39, 0.29) is 11.8 Å². The molecule has 0 fully saturated rings. The predicted octanol–water partition coefficient (Wildman–Crippen LogP) is 16.1. The van der Waals surface area contributed by atoms with E-state index in [9.17, 15) is 0 Å². The van der Waals surface area contributed by atoms with Crippen molar-refractivity contribution in [1.82, 2.24) is 14.4 Å². The first kappa shape index (κ1) is 35.0. The molecule has 13 aromatic rings. The maximum absolute atomic E-state index is 5.38. The van der Waals surface area contributed by atoms with Gasteiger partial charge in [-0.25, -0.2) is 9.97 Å². The lowest BCUT2D eigenvalue weighted by molar-refractivity contribution is 0.655. The van der Waals surface area contributed by atoms with Gasteiger partial charge in [0.15, 0.2) is 5.82 Å². The van der Waals surface area contributed by atoms with Gasteiger partial charge in [0.1, 0.15) is 0 Å². The molecule has 3 nitrogen and oxygen atoms in total. The summed E-state index contributed by atoms with van der Waals surface area (Å²) in [6, 6.07) is 71.3. The molecular weight excluding hydrogens is 783 g/mol. The molecule has 2 atom stereocenters. The first-order valence-corrected chi connectivity index (χ1v) is 22.7. The molecule has 294 valence electrons. The van der Waals surface area contributed by atoms with Crippen molar-refractivity contribution in [2.45, 2.75) is 18.8 Å². The standard InChI is InChI=1S/C59H37N3S/c1-34-51(38-25-29-40(30-26-38)59-60-55(58-56(61-59)45-20-10-12-22-50(45)63-58)39-27-23-36(24-28-39)35-13-3-2-4-14-35)44-19-8-7-17-42(44)46-33-47-43-18-9-11-21-48(43)62-49-32-31-37-15-5-6-16-41(37)53(49)54(52(34)46)57(47)62/h2-34,51H,1H3. The van der Waals surface area contributed by atoms with E-state index < -0.39 is 0 Å². The molecule has 0 radical (unpaired) electrons. The summed E-state index contributed by atoms with van der Waals surface area (Å²) in [5.41, 5.74) is 17.1. The Kier molecular flexibility index (Phi) is 7.32. The molecule has 9 aromatic carbocycles. The number of para-hydroxylation sites is 1. The van der Waals surface area contributed by atoms with Crippen molar-refractivity contribution in [1.29, 1.82) is 0 Å². The predicted molar refractivity (Wildman–Crippen MR) is 266 cm³/mol. The average Bonchev–Trinajstić information content (AvgIpc) is 4.01. The number of thiophene rings is 1. The lowest BCUT2D eigenvalue weighted by atomic mass is 9.68. The van der Waals surface area contributed by atoms with Crippen LogP contribution in [0.3, 0.4) is 0 Å². The molecule has 0 saturated heterocycles. The SMILES string of the molecule is CC1c2c(cc3c4ccccc4n4c5ccc6ccccc6c5c2c34)-c2ccccc2C1c1ccc(-c2nc(-c3ccc(-c4ccccc4)cc3)c3sc4ccccc4c3n2)cc1. The van der Waals surface area contributed by atoms with Gasteiger partial charge in [-0.15, -0.1) is 11.3 Å².